The maximum Gasteiger partial charge on any atom is 0.0600 e. The molecule has 0 spiro atoms. The Labute approximate surface area is 128 Å². The molecule has 0 radical (unpaired) electrons. The van der Waals surface area contributed by atoms with Gasteiger partial charge in [0.25, 0.3) is 0 Å². The van der Waals surface area contributed by atoms with E-state index >= 15 is 0 Å². The van der Waals surface area contributed by atoms with Gasteiger partial charge >= 0.3 is 0 Å². The van der Waals surface area contributed by atoms with Crippen LogP contribution in [0.15, 0.2) is 42.5 Å². The van der Waals surface area contributed by atoms with Crippen molar-refractivity contribution in [2.75, 3.05) is 11.9 Å². The van der Waals surface area contributed by atoms with Gasteiger partial charge in [0, 0.05) is 25.3 Å². The minimum Gasteiger partial charge on any atom is -0.369 e. The molecule has 0 bridgehead atoms. The van der Waals surface area contributed by atoms with Crippen molar-refractivity contribution < 1.29 is 0 Å². The lowest BCUT2D eigenvalue weighted by Gasteiger charge is -2.19. The van der Waals surface area contributed by atoms with Gasteiger partial charge in [0.05, 0.1) is 17.9 Å². The number of hydrogen-bond donors (Lipinski definition) is 1. The van der Waals surface area contributed by atoms with E-state index in [1.54, 1.807) is 0 Å². The van der Waals surface area contributed by atoms with Gasteiger partial charge in [-0.1, -0.05) is 32.0 Å². The molecule has 3 nitrogen and oxygen atoms in total. The number of anilines is 1. The van der Waals surface area contributed by atoms with Gasteiger partial charge in [0.15, 0.2) is 0 Å². The van der Waals surface area contributed by atoms with E-state index in [1.807, 2.05) is 0 Å². The molecule has 0 saturated heterocycles. The second kappa shape index (κ2) is 7.23. The second-order valence-corrected chi connectivity index (χ2v) is 5.85. The lowest BCUT2D eigenvalue weighted by Crippen LogP contribution is -2.23. The summed E-state index contributed by atoms with van der Waals surface area (Å²) >= 11 is 0. The molecule has 1 aromatic carbocycles. The van der Waals surface area contributed by atoms with Crippen molar-refractivity contribution in [1.29, 1.82) is 0 Å². The predicted octanol–water partition coefficient (Wildman–Crippen LogP) is 3.52. The molecule has 1 heterocycles. The summed E-state index contributed by atoms with van der Waals surface area (Å²) in [4.78, 5) is 6.96. The molecule has 0 aliphatic carbocycles. The van der Waals surface area contributed by atoms with Crippen LogP contribution in [0.4, 0.5) is 5.69 Å². The maximum absolute atomic E-state index is 4.73. The number of pyridine rings is 1. The average molecular weight is 283 g/mol. The Morgan fingerprint density at radius 3 is 2.52 bits per heavy atom. The molecule has 0 unspecified atom stereocenters. The summed E-state index contributed by atoms with van der Waals surface area (Å²) in [5.74, 6) is 0. The number of nitrogens with zero attached hydrogens (tertiary/aromatic N) is 2. The largest absolute Gasteiger partial charge is 0.369 e. The molecule has 0 saturated carbocycles. The zero-order valence-electron chi connectivity index (χ0n) is 13.4. The summed E-state index contributed by atoms with van der Waals surface area (Å²) in [6.07, 6.45) is 0. The zero-order valence-corrected chi connectivity index (χ0v) is 13.4. The van der Waals surface area contributed by atoms with Crippen molar-refractivity contribution in [3.05, 3.63) is 59.4 Å². The van der Waals surface area contributed by atoms with Crippen LogP contribution in [-0.4, -0.2) is 18.1 Å². The first-order valence-electron chi connectivity index (χ1n) is 7.50. The van der Waals surface area contributed by atoms with Crippen LogP contribution in [0, 0.1) is 6.92 Å². The number of aromatic nitrogens is 1. The molecule has 3 heteroatoms. The fourth-order valence-electron chi connectivity index (χ4n) is 2.22. The number of aryl methyl sites for hydroxylation is 1. The van der Waals surface area contributed by atoms with Gasteiger partial charge < -0.3 is 10.2 Å². The summed E-state index contributed by atoms with van der Waals surface area (Å²) in [5, 5.41) is 3.41. The van der Waals surface area contributed by atoms with E-state index in [0.717, 1.165) is 24.5 Å². The van der Waals surface area contributed by atoms with E-state index in [0.29, 0.717) is 6.04 Å². The van der Waals surface area contributed by atoms with Gasteiger partial charge in [-0.25, -0.2) is 0 Å². The molecule has 0 aliphatic rings. The summed E-state index contributed by atoms with van der Waals surface area (Å²) < 4.78 is 0. The first-order valence-corrected chi connectivity index (χ1v) is 7.50. The van der Waals surface area contributed by atoms with Crippen molar-refractivity contribution in [3.8, 4) is 0 Å². The summed E-state index contributed by atoms with van der Waals surface area (Å²) in [5.41, 5.74) is 4.70. The van der Waals surface area contributed by atoms with E-state index in [1.165, 1.54) is 11.3 Å². The number of nitrogens with one attached hydrogen (secondary N) is 1. The third kappa shape index (κ3) is 4.87. The van der Waals surface area contributed by atoms with Gasteiger partial charge in [0.1, 0.15) is 0 Å². The molecular weight excluding hydrogens is 258 g/mol. The second-order valence-electron chi connectivity index (χ2n) is 5.85. The van der Waals surface area contributed by atoms with Crippen LogP contribution in [0.1, 0.15) is 30.8 Å². The number of hydrogen-bond acceptors (Lipinski definition) is 3. The highest BCUT2D eigenvalue weighted by atomic mass is 15.1. The maximum atomic E-state index is 4.73. The monoisotopic (exact) mass is 283 g/mol. The molecule has 2 aromatic rings. The summed E-state index contributed by atoms with van der Waals surface area (Å²) in [6.45, 7) is 8.05. The van der Waals surface area contributed by atoms with Gasteiger partial charge in [-0.3, -0.25) is 4.98 Å². The Morgan fingerprint density at radius 1 is 1.10 bits per heavy atom. The first-order chi connectivity index (χ1) is 10.0. The molecule has 0 aliphatic heterocycles. The van der Waals surface area contributed by atoms with E-state index in [9.17, 15) is 0 Å². The fraction of sp³-hybridized carbons (Fsp3) is 0.389. The Morgan fingerprint density at radius 2 is 1.81 bits per heavy atom. The van der Waals surface area contributed by atoms with E-state index in [2.05, 4.69) is 80.5 Å². The predicted molar refractivity (Wildman–Crippen MR) is 89.5 cm³/mol. The molecule has 0 amide bonds. The lowest BCUT2D eigenvalue weighted by atomic mass is 10.2. The smallest absolute Gasteiger partial charge is 0.0600 e. The van der Waals surface area contributed by atoms with Gasteiger partial charge in [0.2, 0.25) is 0 Å². The Hall–Kier alpha value is -1.87. The topological polar surface area (TPSA) is 28.2 Å². The van der Waals surface area contributed by atoms with E-state index in [-0.39, 0.29) is 0 Å². The highest BCUT2D eigenvalue weighted by molar-refractivity contribution is 5.47. The van der Waals surface area contributed by atoms with E-state index in [4.69, 9.17) is 4.98 Å². The van der Waals surface area contributed by atoms with Gasteiger partial charge in [-0.15, -0.1) is 0 Å². The Bertz CT molecular complexity index is 578. The van der Waals surface area contributed by atoms with Crippen molar-refractivity contribution in [2.24, 2.45) is 0 Å². The normalized spacial score (nSPS) is 10.9. The SMILES string of the molecule is Cc1cccc(N(C)Cc2cccc(CNC(C)C)n2)c1. The Balaban J connectivity index is 2.03. The highest BCUT2D eigenvalue weighted by Crippen LogP contribution is 2.16. The van der Waals surface area contributed by atoms with Gasteiger partial charge in [-0.05, 0) is 36.8 Å². The Kier molecular flexibility index (Phi) is 5.34. The first kappa shape index (κ1) is 15.5. The van der Waals surface area contributed by atoms with Crippen LogP contribution >= 0.6 is 0 Å². The van der Waals surface area contributed by atoms with Crippen molar-refractivity contribution >= 4 is 5.69 Å². The highest BCUT2D eigenvalue weighted by Gasteiger charge is 2.05. The van der Waals surface area contributed by atoms with Gasteiger partial charge in [-0.2, -0.15) is 0 Å². The lowest BCUT2D eigenvalue weighted by molar-refractivity contribution is 0.580. The molecule has 21 heavy (non-hydrogen) atoms. The molecule has 0 atom stereocenters. The quantitative estimate of drug-likeness (QED) is 0.879. The standard InChI is InChI=1S/C18H25N3/c1-14(2)19-12-16-8-6-9-17(20-16)13-21(4)18-10-5-7-15(3)11-18/h5-11,14,19H,12-13H2,1-4H3. The molecule has 1 N–H and O–H groups in total. The van der Waals surface area contributed by atoms with Crippen LogP contribution in [0.25, 0.3) is 0 Å². The van der Waals surface area contributed by atoms with E-state index < -0.39 is 0 Å². The summed E-state index contributed by atoms with van der Waals surface area (Å²) in [7, 11) is 2.11. The average Bonchev–Trinajstić information content (AvgIpc) is 2.45. The molecule has 2 rings (SSSR count). The minimum atomic E-state index is 0.477. The third-order valence-electron chi connectivity index (χ3n) is 3.40. The van der Waals surface area contributed by atoms with Crippen LogP contribution in [0.2, 0.25) is 0 Å². The zero-order chi connectivity index (χ0) is 15.2. The van der Waals surface area contributed by atoms with Crippen LogP contribution in [0.5, 0.6) is 0 Å². The number of benzene rings is 1. The van der Waals surface area contributed by atoms with Crippen LogP contribution < -0.4 is 10.2 Å². The third-order valence-corrected chi connectivity index (χ3v) is 3.40. The molecule has 1 aromatic heterocycles. The molecular formula is C18H25N3. The minimum absolute atomic E-state index is 0.477. The van der Waals surface area contributed by atoms with Crippen LogP contribution in [-0.2, 0) is 13.1 Å². The summed E-state index contributed by atoms with van der Waals surface area (Å²) in [6, 6.07) is 15.3. The van der Waals surface area contributed by atoms with Crippen molar-refractivity contribution in [3.63, 3.8) is 0 Å². The van der Waals surface area contributed by atoms with Crippen molar-refractivity contribution in [1.82, 2.24) is 10.3 Å². The van der Waals surface area contributed by atoms with Crippen molar-refractivity contribution in [2.45, 2.75) is 39.9 Å². The van der Waals surface area contributed by atoms with Crippen LogP contribution in [0.3, 0.4) is 0 Å². The fourth-order valence-corrected chi connectivity index (χ4v) is 2.22. The number of rotatable bonds is 6. The molecule has 0 fully saturated rings. The molecule has 112 valence electrons.